The Labute approximate surface area is 117 Å². The first-order valence-corrected chi connectivity index (χ1v) is 6.80. The van der Waals surface area contributed by atoms with E-state index in [-0.39, 0.29) is 5.69 Å². The molecule has 0 unspecified atom stereocenters. The highest BCUT2D eigenvalue weighted by molar-refractivity contribution is 5.93. The van der Waals surface area contributed by atoms with Gasteiger partial charge in [-0.2, -0.15) is 0 Å². The third kappa shape index (κ3) is 2.28. The molecule has 2 N–H and O–H groups in total. The minimum absolute atomic E-state index is 0.138. The van der Waals surface area contributed by atoms with Crippen molar-refractivity contribution in [3.8, 4) is 0 Å². The second-order valence-corrected chi connectivity index (χ2v) is 5.10. The topological polar surface area (TPSA) is 69.9 Å². The summed E-state index contributed by atoms with van der Waals surface area (Å²) in [5.74, 6) is -0.169. The number of nitrogens with one attached hydrogen (secondary N) is 1. The number of imidazole rings is 1. The van der Waals surface area contributed by atoms with Gasteiger partial charge >= 0.3 is 5.97 Å². The van der Waals surface area contributed by atoms with E-state index in [4.69, 9.17) is 0 Å². The van der Waals surface area contributed by atoms with Gasteiger partial charge in [-0.25, -0.2) is 9.78 Å². The van der Waals surface area contributed by atoms with Crippen molar-refractivity contribution in [3.05, 3.63) is 35.4 Å². The fraction of sp³-hybridized carbons (Fsp3) is 0.429. The maximum atomic E-state index is 11.3. The van der Waals surface area contributed by atoms with Crippen LogP contribution < -0.4 is 5.32 Å². The summed E-state index contributed by atoms with van der Waals surface area (Å²) >= 11 is 0. The van der Waals surface area contributed by atoms with Crippen molar-refractivity contribution < 1.29 is 9.90 Å². The number of aryl methyl sites for hydroxylation is 1. The van der Waals surface area contributed by atoms with Crippen LogP contribution >= 0.6 is 0 Å². The highest BCUT2D eigenvalue weighted by Gasteiger charge is 2.20. The molecule has 1 fully saturated rings. The van der Waals surface area contributed by atoms with Crippen molar-refractivity contribution in [2.45, 2.75) is 13.5 Å². The fourth-order valence-corrected chi connectivity index (χ4v) is 2.71. The van der Waals surface area contributed by atoms with E-state index < -0.39 is 5.97 Å². The number of aromatic carboxylic acids is 1. The lowest BCUT2D eigenvalue weighted by atomic mass is 10.3. The molecule has 20 heavy (non-hydrogen) atoms. The number of piperazine rings is 1. The molecule has 0 spiro atoms. The van der Waals surface area contributed by atoms with Crippen molar-refractivity contribution in [3.63, 3.8) is 0 Å². The standard InChI is InChI=1S/C14H18N4O2/c1-10-3-2-4-11-13(14(19)20)16-12(18(10)11)9-17-7-5-15-6-8-17/h2-4,15H,5-9H2,1H3,(H,19,20). The van der Waals surface area contributed by atoms with E-state index in [0.717, 1.165) is 37.7 Å². The zero-order valence-electron chi connectivity index (χ0n) is 11.5. The molecule has 6 nitrogen and oxygen atoms in total. The zero-order chi connectivity index (χ0) is 14.1. The summed E-state index contributed by atoms with van der Waals surface area (Å²) in [5.41, 5.74) is 1.81. The van der Waals surface area contributed by atoms with Gasteiger partial charge in [0, 0.05) is 31.9 Å². The van der Waals surface area contributed by atoms with Gasteiger partial charge in [-0.3, -0.25) is 9.30 Å². The number of hydrogen-bond acceptors (Lipinski definition) is 4. The molecule has 6 heteroatoms. The van der Waals surface area contributed by atoms with Gasteiger partial charge in [0.15, 0.2) is 5.69 Å². The monoisotopic (exact) mass is 274 g/mol. The number of pyridine rings is 1. The van der Waals surface area contributed by atoms with Crippen molar-refractivity contribution >= 4 is 11.5 Å². The minimum atomic E-state index is -0.973. The van der Waals surface area contributed by atoms with E-state index >= 15 is 0 Å². The highest BCUT2D eigenvalue weighted by atomic mass is 16.4. The average Bonchev–Trinajstić information content (AvgIpc) is 2.80. The van der Waals surface area contributed by atoms with Crippen LogP contribution in [0.2, 0.25) is 0 Å². The normalized spacial score (nSPS) is 16.6. The minimum Gasteiger partial charge on any atom is -0.476 e. The van der Waals surface area contributed by atoms with Crippen molar-refractivity contribution in [1.82, 2.24) is 19.6 Å². The van der Waals surface area contributed by atoms with Gasteiger partial charge in [-0.15, -0.1) is 0 Å². The van der Waals surface area contributed by atoms with Gasteiger partial charge in [-0.05, 0) is 19.1 Å². The lowest BCUT2D eigenvalue weighted by molar-refractivity contribution is 0.0693. The molecule has 0 aromatic carbocycles. The summed E-state index contributed by atoms with van der Waals surface area (Å²) < 4.78 is 1.95. The Hall–Kier alpha value is -1.92. The number of rotatable bonds is 3. The molecule has 1 saturated heterocycles. The fourth-order valence-electron chi connectivity index (χ4n) is 2.71. The molecule has 0 amide bonds. The molecule has 0 bridgehead atoms. The molecule has 0 saturated carbocycles. The molecular weight excluding hydrogens is 256 g/mol. The van der Waals surface area contributed by atoms with E-state index in [2.05, 4.69) is 15.2 Å². The number of nitrogens with zero attached hydrogens (tertiary/aromatic N) is 3. The number of carboxylic acid groups (broad SMARTS) is 1. The Morgan fingerprint density at radius 3 is 2.85 bits per heavy atom. The van der Waals surface area contributed by atoms with E-state index in [1.165, 1.54) is 0 Å². The third-order valence-electron chi connectivity index (χ3n) is 3.70. The Morgan fingerprint density at radius 1 is 1.40 bits per heavy atom. The number of hydrogen-bond donors (Lipinski definition) is 2. The second kappa shape index (κ2) is 5.22. The molecule has 1 aliphatic rings. The van der Waals surface area contributed by atoms with Gasteiger partial charge in [0.2, 0.25) is 0 Å². The van der Waals surface area contributed by atoms with Gasteiger partial charge in [-0.1, -0.05) is 6.07 Å². The van der Waals surface area contributed by atoms with Crippen molar-refractivity contribution in [2.24, 2.45) is 0 Å². The quantitative estimate of drug-likeness (QED) is 0.864. The largest absolute Gasteiger partial charge is 0.476 e. The van der Waals surface area contributed by atoms with Crippen LogP contribution in [-0.4, -0.2) is 51.5 Å². The van der Waals surface area contributed by atoms with Crippen molar-refractivity contribution in [2.75, 3.05) is 26.2 Å². The summed E-state index contributed by atoms with van der Waals surface area (Å²) in [4.78, 5) is 18.0. The molecule has 3 heterocycles. The molecule has 2 aromatic rings. The van der Waals surface area contributed by atoms with Crippen LogP contribution in [0.1, 0.15) is 22.0 Å². The van der Waals surface area contributed by atoms with Crippen LogP contribution in [0.25, 0.3) is 5.52 Å². The summed E-state index contributed by atoms with van der Waals surface area (Å²) in [6.07, 6.45) is 0. The summed E-state index contributed by atoms with van der Waals surface area (Å²) in [6, 6.07) is 5.65. The summed E-state index contributed by atoms with van der Waals surface area (Å²) in [7, 11) is 0. The van der Waals surface area contributed by atoms with Crippen LogP contribution in [0.3, 0.4) is 0 Å². The predicted molar refractivity (Wildman–Crippen MR) is 75.0 cm³/mol. The average molecular weight is 274 g/mol. The number of carbonyl (C=O) groups is 1. The first kappa shape index (κ1) is 13.1. The molecule has 1 aliphatic heterocycles. The maximum Gasteiger partial charge on any atom is 0.356 e. The van der Waals surface area contributed by atoms with E-state index in [0.29, 0.717) is 12.1 Å². The van der Waals surface area contributed by atoms with Gasteiger partial charge in [0.05, 0.1) is 12.1 Å². The molecule has 0 atom stereocenters. The Balaban J connectivity index is 2.03. The number of carboxylic acids is 1. The van der Waals surface area contributed by atoms with Crippen molar-refractivity contribution in [1.29, 1.82) is 0 Å². The Bertz CT molecular complexity index is 644. The molecular formula is C14H18N4O2. The van der Waals surface area contributed by atoms with Crippen LogP contribution in [0.5, 0.6) is 0 Å². The zero-order valence-corrected chi connectivity index (χ0v) is 11.5. The number of fused-ring (bicyclic) bond motifs is 1. The van der Waals surface area contributed by atoms with Crippen LogP contribution in [-0.2, 0) is 6.54 Å². The maximum absolute atomic E-state index is 11.3. The van der Waals surface area contributed by atoms with E-state index in [9.17, 15) is 9.90 Å². The Morgan fingerprint density at radius 2 is 2.15 bits per heavy atom. The first-order valence-electron chi connectivity index (χ1n) is 6.80. The van der Waals surface area contributed by atoms with E-state index in [1.807, 2.05) is 29.5 Å². The van der Waals surface area contributed by atoms with Crippen LogP contribution in [0.4, 0.5) is 0 Å². The molecule has 2 aromatic heterocycles. The highest BCUT2D eigenvalue weighted by Crippen LogP contribution is 2.17. The summed E-state index contributed by atoms with van der Waals surface area (Å²) in [5, 5.41) is 12.6. The van der Waals surface area contributed by atoms with Crippen LogP contribution in [0.15, 0.2) is 18.2 Å². The predicted octanol–water partition coefficient (Wildman–Crippen LogP) is 0.746. The first-order chi connectivity index (χ1) is 9.66. The second-order valence-electron chi connectivity index (χ2n) is 5.10. The molecule has 106 valence electrons. The number of aromatic nitrogens is 2. The van der Waals surface area contributed by atoms with Crippen LogP contribution in [0, 0.1) is 6.92 Å². The summed E-state index contributed by atoms with van der Waals surface area (Å²) in [6.45, 7) is 6.51. The Kier molecular flexibility index (Phi) is 3.42. The van der Waals surface area contributed by atoms with E-state index in [1.54, 1.807) is 0 Å². The smallest absolute Gasteiger partial charge is 0.356 e. The van der Waals surface area contributed by atoms with Gasteiger partial charge in [0.25, 0.3) is 0 Å². The van der Waals surface area contributed by atoms with Gasteiger partial charge < -0.3 is 10.4 Å². The lowest BCUT2D eigenvalue weighted by Gasteiger charge is -2.26. The molecule has 0 aliphatic carbocycles. The van der Waals surface area contributed by atoms with Gasteiger partial charge in [0.1, 0.15) is 5.82 Å². The molecule has 3 rings (SSSR count). The SMILES string of the molecule is Cc1cccc2c(C(=O)O)nc(CN3CCNCC3)n12. The lowest BCUT2D eigenvalue weighted by Crippen LogP contribution is -2.43. The molecule has 0 radical (unpaired) electrons. The third-order valence-corrected chi connectivity index (χ3v) is 3.70.